The molecule has 2 aliphatic carbocycles. The van der Waals surface area contributed by atoms with Gasteiger partial charge in [0.15, 0.2) is 9.75 Å². The summed E-state index contributed by atoms with van der Waals surface area (Å²) < 4.78 is 13.8. The molecule has 6 atom stereocenters. The van der Waals surface area contributed by atoms with E-state index in [2.05, 4.69) is 0 Å². The van der Waals surface area contributed by atoms with Crippen LogP contribution in [0.3, 0.4) is 0 Å². The van der Waals surface area contributed by atoms with Crippen molar-refractivity contribution in [2.24, 2.45) is 17.8 Å². The van der Waals surface area contributed by atoms with Crippen LogP contribution >= 0.6 is 23.2 Å². The molecule has 0 spiro atoms. The number of allylic oxidation sites excluding steroid dienone is 2. The van der Waals surface area contributed by atoms with E-state index in [-0.39, 0.29) is 35.7 Å². The number of phenols is 1. The highest BCUT2D eigenvalue weighted by Gasteiger charge is 2.76. The molecule has 0 unspecified atom stereocenters. The zero-order valence-corrected chi connectivity index (χ0v) is 25.5. The number of phenolic OH excluding ortho intramolecular Hbond substituents is 1. The fourth-order valence-corrected chi connectivity index (χ4v) is 8.57. The predicted molar refractivity (Wildman–Crippen MR) is 165 cm³/mol. The van der Waals surface area contributed by atoms with E-state index < -0.39 is 67.8 Å². The number of fused-ring (bicyclic) bond motifs is 4. The summed E-state index contributed by atoms with van der Waals surface area (Å²) in [5.41, 5.74) is 1.27. The number of nitrogens with zero attached hydrogens (tertiary/aromatic N) is 3. The van der Waals surface area contributed by atoms with E-state index in [1.807, 2.05) is 0 Å². The van der Waals surface area contributed by atoms with E-state index in [4.69, 9.17) is 23.2 Å². The van der Waals surface area contributed by atoms with Gasteiger partial charge in [0.2, 0.25) is 11.8 Å². The molecule has 4 amide bonds. The number of non-ortho nitro benzene ring substituents is 1. The maximum Gasteiger partial charge on any atom is 0.271 e. The molecule has 3 aromatic carbocycles. The van der Waals surface area contributed by atoms with E-state index in [9.17, 15) is 38.8 Å². The Hall–Kier alpha value is -4.61. The molecule has 3 aromatic rings. The highest BCUT2D eigenvalue weighted by Crippen LogP contribution is 2.66. The van der Waals surface area contributed by atoms with E-state index >= 15 is 0 Å². The maximum absolute atomic E-state index is 14.4. The lowest BCUT2D eigenvalue weighted by Crippen LogP contribution is -2.60. The Morgan fingerprint density at radius 2 is 1.63 bits per heavy atom. The minimum atomic E-state index is -2.11. The van der Waals surface area contributed by atoms with Crippen LogP contribution in [-0.4, -0.2) is 43.4 Å². The van der Waals surface area contributed by atoms with Gasteiger partial charge in [0, 0.05) is 18.1 Å². The maximum atomic E-state index is 14.4. The number of aryl methyl sites for hydroxylation is 1. The number of anilines is 2. The number of hydrogen-bond donors (Lipinski definition) is 1. The highest BCUT2D eigenvalue weighted by molar-refractivity contribution is 6.58. The Labute approximate surface area is 271 Å². The number of halogens is 3. The van der Waals surface area contributed by atoms with E-state index in [1.165, 1.54) is 36.4 Å². The number of alkyl halides is 2. The molecule has 46 heavy (non-hydrogen) atoms. The molecule has 13 heteroatoms. The third kappa shape index (κ3) is 3.94. The number of rotatable bonds is 4. The van der Waals surface area contributed by atoms with Crippen molar-refractivity contribution >= 4 is 63.9 Å². The third-order valence-corrected chi connectivity index (χ3v) is 11.2. The van der Waals surface area contributed by atoms with Gasteiger partial charge in [-0.2, -0.15) is 0 Å². The molecular weight excluding hydrogens is 640 g/mol. The van der Waals surface area contributed by atoms with Gasteiger partial charge >= 0.3 is 0 Å². The fraction of sp³-hybridized carbons (Fsp3) is 0.273. The van der Waals surface area contributed by atoms with Gasteiger partial charge in [-0.3, -0.25) is 29.3 Å². The first-order valence-electron chi connectivity index (χ1n) is 14.4. The van der Waals surface area contributed by atoms with E-state index in [1.54, 1.807) is 25.1 Å². The monoisotopic (exact) mass is 663 g/mol. The number of nitro groups is 1. The largest absolute Gasteiger partial charge is 0.508 e. The van der Waals surface area contributed by atoms with Crippen LogP contribution in [0.15, 0.2) is 78.4 Å². The second-order valence-corrected chi connectivity index (χ2v) is 13.3. The van der Waals surface area contributed by atoms with Gasteiger partial charge in [0.05, 0.1) is 28.1 Å². The first-order valence-corrected chi connectivity index (χ1v) is 15.2. The number of carbonyl (C=O) groups excluding carboxylic acids is 4. The lowest BCUT2D eigenvalue weighted by atomic mass is 9.56. The average molecular weight is 664 g/mol. The Morgan fingerprint density at radius 1 is 0.913 bits per heavy atom. The topological polar surface area (TPSA) is 138 Å². The summed E-state index contributed by atoms with van der Waals surface area (Å²) in [5, 5.41) is 21.7. The summed E-state index contributed by atoms with van der Waals surface area (Å²) in [6, 6.07) is 14.6. The normalized spacial score (nSPS) is 30.2. The minimum absolute atomic E-state index is 0.0134. The van der Waals surface area contributed by atoms with Crippen LogP contribution in [0, 0.1) is 40.6 Å². The van der Waals surface area contributed by atoms with Crippen LogP contribution in [-0.2, 0) is 19.2 Å². The van der Waals surface area contributed by atoms with Gasteiger partial charge in [-0.05, 0) is 73.2 Å². The number of amides is 4. The first-order chi connectivity index (χ1) is 21.8. The molecule has 2 saturated heterocycles. The van der Waals surface area contributed by atoms with Gasteiger partial charge in [-0.25, -0.2) is 14.2 Å². The van der Waals surface area contributed by atoms with Crippen molar-refractivity contribution < 1.29 is 33.6 Å². The van der Waals surface area contributed by atoms with E-state index in [0.29, 0.717) is 16.7 Å². The fourth-order valence-electron chi connectivity index (χ4n) is 7.63. The molecule has 4 aliphatic rings. The Kier molecular flexibility index (Phi) is 6.67. The van der Waals surface area contributed by atoms with Crippen molar-refractivity contribution in [3.8, 4) is 5.75 Å². The van der Waals surface area contributed by atoms with Gasteiger partial charge in [-0.15, -0.1) is 23.2 Å². The van der Waals surface area contributed by atoms with Crippen LogP contribution in [0.4, 0.5) is 21.5 Å². The van der Waals surface area contributed by atoms with Crippen molar-refractivity contribution in [3.63, 3.8) is 0 Å². The molecule has 2 heterocycles. The highest BCUT2D eigenvalue weighted by atomic mass is 35.5. The number of aromatic hydroxyl groups is 1. The Morgan fingerprint density at radius 3 is 2.30 bits per heavy atom. The Bertz CT molecular complexity index is 1930. The summed E-state index contributed by atoms with van der Waals surface area (Å²) in [6.07, 6.45) is 1.59. The average Bonchev–Trinajstić information content (AvgIpc) is 3.37. The van der Waals surface area contributed by atoms with Gasteiger partial charge in [0.1, 0.15) is 11.6 Å². The number of imide groups is 2. The lowest BCUT2D eigenvalue weighted by molar-refractivity contribution is -0.384. The quantitative estimate of drug-likeness (QED) is 0.128. The number of hydrogen-bond acceptors (Lipinski definition) is 7. The van der Waals surface area contributed by atoms with Crippen LogP contribution in [0.1, 0.15) is 29.9 Å². The zero-order valence-electron chi connectivity index (χ0n) is 24.0. The van der Waals surface area contributed by atoms with Crippen molar-refractivity contribution in [3.05, 3.63) is 105 Å². The molecule has 1 N–H and O–H groups in total. The SMILES string of the molecule is Cc1cc([C@H]2C3=CC[C@@H]4C(=O)N(c5cccc([N+](=O)[O-])c5)C(=O)[C@@H]4[C@@H]3C[C@@]3(Cl)C(=O)N(c4ccc(F)cc4)C(=O)[C@@]23Cl)ccc1O. The van der Waals surface area contributed by atoms with Crippen LogP contribution in [0.2, 0.25) is 0 Å². The number of benzene rings is 3. The zero-order chi connectivity index (χ0) is 32.9. The summed E-state index contributed by atoms with van der Waals surface area (Å²) in [7, 11) is 0. The lowest BCUT2D eigenvalue weighted by Gasteiger charge is -2.50. The second-order valence-electron chi connectivity index (χ2n) is 12.1. The van der Waals surface area contributed by atoms with Gasteiger partial charge in [0.25, 0.3) is 17.5 Å². The molecule has 0 bridgehead atoms. The second kappa shape index (κ2) is 10.2. The standard InChI is InChI=1S/C33H24Cl2FN3O7/c1-16-13-17(5-12-25(16)40)27-22-10-11-23-26(29(42)37(28(23)41)20-3-2-4-21(14-20)39(45)46)24(22)15-32(34)30(43)38(31(44)33(27,32)35)19-8-6-18(36)7-9-19/h2-10,12-14,23-24,26-27,40H,11,15H2,1H3/t23-,24+,26-,27-,32+,33-/m0/s1. The first kappa shape index (κ1) is 30.1. The van der Waals surface area contributed by atoms with Crippen molar-refractivity contribution in [2.45, 2.75) is 35.4 Å². The van der Waals surface area contributed by atoms with Gasteiger partial charge < -0.3 is 5.11 Å². The predicted octanol–water partition coefficient (Wildman–Crippen LogP) is 5.52. The molecule has 7 rings (SSSR count). The van der Waals surface area contributed by atoms with Crippen LogP contribution in [0.25, 0.3) is 0 Å². The Balaban J connectivity index is 1.39. The molecule has 10 nitrogen and oxygen atoms in total. The summed E-state index contributed by atoms with van der Waals surface area (Å²) in [6.45, 7) is 1.65. The minimum Gasteiger partial charge on any atom is -0.508 e. The summed E-state index contributed by atoms with van der Waals surface area (Å²) >= 11 is 14.7. The molecule has 0 aromatic heterocycles. The molecule has 2 aliphatic heterocycles. The summed E-state index contributed by atoms with van der Waals surface area (Å²) in [4.78, 5) is 64.9. The smallest absolute Gasteiger partial charge is 0.271 e. The number of nitro benzene ring substituents is 1. The molecule has 1 saturated carbocycles. The van der Waals surface area contributed by atoms with Crippen molar-refractivity contribution in [1.29, 1.82) is 0 Å². The number of carbonyl (C=O) groups is 4. The van der Waals surface area contributed by atoms with Crippen molar-refractivity contribution in [1.82, 2.24) is 0 Å². The van der Waals surface area contributed by atoms with E-state index in [0.717, 1.165) is 28.0 Å². The van der Waals surface area contributed by atoms with Crippen LogP contribution < -0.4 is 9.80 Å². The van der Waals surface area contributed by atoms with Crippen molar-refractivity contribution in [2.75, 3.05) is 9.80 Å². The molecular formula is C33H24Cl2FN3O7. The molecule has 234 valence electrons. The third-order valence-electron chi connectivity index (χ3n) is 9.75. The molecule has 0 radical (unpaired) electrons. The summed E-state index contributed by atoms with van der Waals surface area (Å²) in [5.74, 6) is -7.19. The molecule has 3 fully saturated rings. The van der Waals surface area contributed by atoms with Gasteiger partial charge in [-0.1, -0.05) is 29.8 Å². The van der Waals surface area contributed by atoms with Crippen LogP contribution in [0.5, 0.6) is 5.75 Å².